The molecule has 1 fully saturated rings. The van der Waals surface area contributed by atoms with Crippen LogP contribution in [0, 0.1) is 0 Å². The fraction of sp³-hybridized carbons (Fsp3) is 0.158. The number of rotatable bonds is 4. The minimum atomic E-state index is 0. The van der Waals surface area contributed by atoms with Gasteiger partial charge in [-0.15, -0.1) is 0 Å². The van der Waals surface area contributed by atoms with Crippen molar-refractivity contribution < 1.29 is 24.3 Å². The summed E-state index contributed by atoms with van der Waals surface area (Å²) in [6.07, 6.45) is 0.708. The summed E-state index contributed by atoms with van der Waals surface area (Å²) >= 11 is 0. The fourth-order valence-corrected chi connectivity index (χ4v) is 7.03. The second-order valence-electron chi connectivity index (χ2n) is 12.3. The molecule has 4 aromatic carbocycles. The maximum Gasteiger partial charge on any atom is 0.164 e. The van der Waals surface area contributed by atoms with Crippen LogP contribution in [0.15, 0.2) is 91.0 Å². The van der Waals surface area contributed by atoms with Crippen molar-refractivity contribution >= 4 is 44.1 Å². The van der Waals surface area contributed by atoms with Gasteiger partial charge in [0.05, 0.1) is 6.61 Å². The van der Waals surface area contributed by atoms with Gasteiger partial charge < -0.3 is 15.3 Å². The van der Waals surface area contributed by atoms with Gasteiger partial charge in [0.2, 0.25) is 0 Å². The second kappa shape index (κ2) is 12.6. The average molecular weight is 708 g/mol. The van der Waals surface area contributed by atoms with Crippen LogP contribution in [0.4, 0.5) is 0 Å². The minimum Gasteiger partial charge on any atom is -0.324 e. The summed E-state index contributed by atoms with van der Waals surface area (Å²) in [4.78, 5) is 43.8. The van der Waals surface area contributed by atoms with Gasteiger partial charge in [-0.05, 0) is 12.0 Å². The van der Waals surface area contributed by atoms with E-state index in [9.17, 15) is 0 Å². The van der Waals surface area contributed by atoms with E-state index in [1.165, 1.54) is 0 Å². The van der Waals surface area contributed by atoms with E-state index in [2.05, 4.69) is 33.5 Å². The molecule has 3 aliphatic heterocycles. The predicted octanol–water partition coefficient (Wildman–Crippen LogP) is 6.25. The number of hydrogen-bond donors (Lipinski definition) is 3. The Balaban J connectivity index is 0.00000336. The molecular formula is C38H30N10OZn. The van der Waals surface area contributed by atoms with Crippen LogP contribution in [0.25, 0.3) is 89.7 Å². The van der Waals surface area contributed by atoms with E-state index in [0.29, 0.717) is 58.9 Å². The zero-order valence-electron chi connectivity index (χ0n) is 27.1. The number of hydrogen-bond acceptors (Lipinski definition) is 9. The van der Waals surface area contributed by atoms with Crippen molar-refractivity contribution in [3.63, 3.8) is 0 Å². The van der Waals surface area contributed by atoms with Crippen LogP contribution in [0.1, 0.15) is 5.56 Å². The van der Waals surface area contributed by atoms with Gasteiger partial charge in [-0.25, -0.2) is 29.9 Å². The monoisotopic (exact) mass is 706 g/mol. The molecule has 0 radical (unpaired) electrons. The molecule has 8 bridgehead atoms. The van der Waals surface area contributed by atoms with Crippen molar-refractivity contribution in [2.75, 3.05) is 32.8 Å². The van der Waals surface area contributed by atoms with Crippen molar-refractivity contribution in [1.29, 1.82) is 0 Å². The van der Waals surface area contributed by atoms with Crippen molar-refractivity contribution in [2.45, 2.75) is 6.42 Å². The van der Waals surface area contributed by atoms with Crippen molar-refractivity contribution in [3.05, 3.63) is 96.6 Å². The first-order valence-corrected chi connectivity index (χ1v) is 16.6. The van der Waals surface area contributed by atoms with Gasteiger partial charge in [0, 0.05) is 89.5 Å². The Labute approximate surface area is 299 Å². The molecule has 12 heteroatoms. The Morgan fingerprint density at radius 3 is 1.54 bits per heavy atom. The van der Waals surface area contributed by atoms with Gasteiger partial charge in [0.1, 0.15) is 22.6 Å². The molecule has 10 rings (SSSR count). The average Bonchev–Trinajstić information content (AvgIpc) is 3.88. The summed E-state index contributed by atoms with van der Waals surface area (Å²) in [5.74, 6) is 2.35. The molecule has 3 aliphatic rings. The van der Waals surface area contributed by atoms with Crippen LogP contribution in [-0.4, -0.2) is 77.7 Å². The number of hydroxylamine groups is 2. The Kier molecular flexibility index (Phi) is 7.74. The zero-order chi connectivity index (χ0) is 32.3. The zero-order valence-corrected chi connectivity index (χ0v) is 30.1. The number of piperazine rings is 1. The number of benzene rings is 4. The first-order chi connectivity index (χ1) is 24.3. The van der Waals surface area contributed by atoms with Gasteiger partial charge in [0.25, 0.3) is 0 Å². The van der Waals surface area contributed by atoms with Gasteiger partial charge in [-0.2, -0.15) is 5.06 Å². The molecule has 0 atom stereocenters. The molecule has 50 heavy (non-hydrogen) atoms. The second-order valence-corrected chi connectivity index (χ2v) is 12.3. The quantitative estimate of drug-likeness (QED) is 0.182. The molecule has 11 nitrogen and oxygen atoms in total. The smallest absolute Gasteiger partial charge is 0.164 e. The van der Waals surface area contributed by atoms with Crippen molar-refractivity contribution in [3.8, 4) is 45.6 Å². The summed E-state index contributed by atoms with van der Waals surface area (Å²) in [5.41, 5.74) is 7.50. The Hall–Kier alpha value is -5.26. The summed E-state index contributed by atoms with van der Waals surface area (Å²) in [7, 11) is 0. The number of aromatic nitrogens is 8. The van der Waals surface area contributed by atoms with E-state index in [1.807, 2.05) is 77.9 Å². The van der Waals surface area contributed by atoms with Gasteiger partial charge in [0.15, 0.2) is 23.3 Å². The van der Waals surface area contributed by atoms with Crippen LogP contribution < -0.4 is 5.32 Å². The van der Waals surface area contributed by atoms with E-state index in [4.69, 9.17) is 34.7 Å². The predicted molar refractivity (Wildman–Crippen MR) is 190 cm³/mol. The summed E-state index contributed by atoms with van der Waals surface area (Å²) in [5, 5.41) is 9.26. The topological polar surface area (TPSA) is 133 Å². The normalized spacial score (nSPS) is 14.0. The Morgan fingerprint density at radius 1 is 0.520 bits per heavy atom. The maximum absolute atomic E-state index is 6.18. The first-order valence-electron chi connectivity index (χ1n) is 16.6. The van der Waals surface area contributed by atoms with E-state index in [1.54, 1.807) is 0 Å². The van der Waals surface area contributed by atoms with E-state index >= 15 is 0 Å². The Morgan fingerprint density at radius 2 is 0.980 bits per heavy atom. The van der Waals surface area contributed by atoms with Crippen LogP contribution in [0.3, 0.4) is 0 Å². The number of nitrogens with one attached hydrogen (secondary N) is 3. The SMILES string of the molecule is [Zn].c1ccc2c(c1)-c1nc-2nc2[nH]c(nc3nc(nc4[nH]c(n1)c1ccccc41)-c1ccccc1-3)c1c(CCON3CCNCC3)cccc21. The Bertz CT molecular complexity index is 2600. The molecule has 0 saturated carbocycles. The maximum atomic E-state index is 6.18. The van der Waals surface area contributed by atoms with Crippen LogP contribution in [0.2, 0.25) is 0 Å². The third-order valence-corrected chi connectivity index (χ3v) is 9.39. The summed E-state index contributed by atoms with van der Waals surface area (Å²) in [6.45, 7) is 4.15. The number of aromatic amines is 2. The standard InChI is InChI=1S/C38H30N10O.Zn/c1-2-10-24-23(9-1)31-40-32(24)42-34-27-13-5-6-14-28(27)36(44-34)46-38-30-22(16-21-49-48-19-17-39-18-20-48)8-7-15-29(30)37(47-38)45-35-26-12-4-3-11-25(26)33(41-31)43-35;/h1-15,39H,16-21H2,(H2,40,41,42,43,44,45,46,47);. The largest absolute Gasteiger partial charge is 0.324 e. The molecule has 0 spiro atoms. The van der Waals surface area contributed by atoms with Crippen molar-refractivity contribution in [2.24, 2.45) is 0 Å². The summed E-state index contributed by atoms with van der Waals surface area (Å²) < 4.78 is 0. The molecule has 0 aliphatic carbocycles. The molecular weight excluding hydrogens is 678 g/mol. The summed E-state index contributed by atoms with van der Waals surface area (Å²) in [6, 6.07) is 30.6. The molecule has 3 N–H and O–H groups in total. The third kappa shape index (κ3) is 5.19. The van der Waals surface area contributed by atoms with E-state index < -0.39 is 0 Å². The first kappa shape index (κ1) is 30.8. The van der Waals surface area contributed by atoms with Gasteiger partial charge in [-0.3, -0.25) is 4.84 Å². The third-order valence-electron chi connectivity index (χ3n) is 9.39. The molecule has 1 saturated heterocycles. The minimum absolute atomic E-state index is 0. The molecule has 0 unspecified atom stereocenters. The van der Waals surface area contributed by atoms with Gasteiger partial charge in [-0.1, -0.05) is 91.0 Å². The van der Waals surface area contributed by atoms with Crippen molar-refractivity contribution in [1.82, 2.24) is 50.3 Å². The van der Waals surface area contributed by atoms with Gasteiger partial charge >= 0.3 is 0 Å². The fourth-order valence-electron chi connectivity index (χ4n) is 7.03. The van der Waals surface area contributed by atoms with Crippen LogP contribution in [-0.2, 0) is 30.7 Å². The van der Waals surface area contributed by atoms with E-state index in [-0.39, 0.29) is 19.5 Å². The molecule has 0 amide bonds. The van der Waals surface area contributed by atoms with E-state index in [0.717, 1.165) is 75.5 Å². The molecule has 3 aromatic heterocycles. The number of fused-ring (bicyclic) bond motifs is 20. The van der Waals surface area contributed by atoms with Crippen LogP contribution >= 0.6 is 0 Å². The molecule has 240 valence electrons. The number of nitrogens with zero attached hydrogens (tertiary/aromatic N) is 7. The van der Waals surface area contributed by atoms with Crippen LogP contribution in [0.5, 0.6) is 0 Å². The number of H-pyrrole nitrogens is 2. The molecule has 7 aromatic rings. The molecule has 6 heterocycles.